The second-order valence-corrected chi connectivity index (χ2v) is 11.8. The van der Waals surface area contributed by atoms with Crippen molar-refractivity contribution in [3.8, 4) is 0 Å². The molecule has 0 fully saturated rings. The van der Waals surface area contributed by atoms with Crippen molar-refractivity contribution >= 4 is 18.8 Å². The highest BCUT2D eigenvalue weighted by Gasteiger charge is 2.38. The van der Waals surface area contributed by atoms with Crippen molar-refractivity contribution in [1.82, 2.24) is 0 Å². The summed E-state index contributed by atoms with van der Waals surface area (Å²) in [5, 5.41) is 3.61. The predicted octanol–water partition coefficient (Wildman–Crippen LogP) is 5.82. The average molecular weight is 299 g/mol. The number of benzene rings is 1. The fraction of sp³-hybridized carbons (Fsp3) is 0.600. The normalized spacial score (nSPS) is 23.0. The molecule has 0 saturated heterocycles. The Labute approximate surface area is 131 Å². The van der Waals surface area contributed by atoms with Gasteiger partial charge in [-0.3, -0.25) is 0 Å². The summed E-state index contributed by atoms with van der Waals surface area (Å²) < 4.78 is 0. The molecule has 114 valence electrons. The molecule has 1 heterocycles. The summed E-state index contributed by atoms with van der Waals surface area (Å²) in [5.41, 5.74) is 3.39. The minimum Gasteiger partial charge on any atom is -0.0723 e. The summed E-state index contributed by atoms with van der Waals surface area (Å²) in [5.74, 6) is 0. The Bertz CT molecular complexity index is 524. The van der Waals surface area contributed by atoms with Gasteiger partial charge in [0.25, 0.3) is 0 Å². The van der Waals surface area contributed by atoms with E-state index in [4.69, 9.17) is 0 Å². The number of hydrogen-bond acceptors (Lipinski definition) is 0. The lowest BCUT2D eigenvalue weighted by molar-refractivity contribution is 0.567. The highest BCUT2D eigenvalue weighted by molar-refractivity contribution is 6.98. The Morgan fingerprint density at radius 2 is 1.29 bits per heavy atom. The van der Waals surface area contributed by atoms with Gasteiger partial charge in [-0.15, -0.1) is 0 Å². The first-order valence-electron chi connectivity index (χ1n) is 9.03. The molecule has 1 aromatic rings. The SMILES string of the molecule is C[Si]1(C)C2=C(CCCCCCCCCC2)c2ccccc21. The standard InChI is InChI=1S/C20H30Si/c1-21(2)19-15-10-8-6-4-3-5-7-9-13-17(19)18-14-11-12-16-20(18)21/h11-12,14,16H,3-10,13,15H2,1-2H3. The predicted molar refractivity (Wildman–Crippen MR) is 96.6 cm³/mol. The Morgan fingerprint density at radius 3 is 2.00 bits per heavy atom. The van der Waals surface area contributed by atoms with Crippen molar-refractivity contribution in [3.05, 3.63) is 35.0 Å². The molecule has 0 radical (unpaired) electrons. The van der Waals surface area contributed by atoms with Crippen LogP contribution in [0, 0.1) is 0 Å². The van der Waals surface area contributed by atoms with Crippen LogP contribution in [0.3, 0.4) is 0 Å². The van der Waals surface area contributed by atoms with Crippen molar-refractivity contribution in [2.24, 2.45) is 0 Å². The molecule has 1 aliphatic carbocycles. The van der Waals surface area contributed by atoms with E-state index in [2.05, 4.69) is 37.4 Å². The van der Waals surface area contributed by atoms with Crippen LogP contribution in [0.5, 0.6) is 0 Å². The lowest BCUT2D eigenvalue weighted by atomic mass is 9.96. The third kappa shape index (κ3) is 3.04. The van der Waals surface area contributed by atoms with Crippen molar-refractivity contribution in [2.75, 3.05) is 0 Å². The summed E-state index contributed by atoms with van der Waals surface area (Å²) in [6.07, 6.45) is 14.2. The maximum Gasteiger partial charge on any atom is 0.108 e. The Morgan fingerprint density at radius 1 is 0.714 bits per heavy atom. The van der Waals surface area contributed by atoms with Gasteiger partial charge in [0.15, 0.2) is 0 Å². The van der Waals surface area contributed by atoms with Gasteiger partial charge >= 0.3 is 0 Å². The van der Waals surface area contributed by atoms with Crippen LogP contribution in [-0.2, 0) is 0 Å². The van der Waals surface area contributed by atoms with Crippen LogP contribution in [0.25, 0.3) is 5.57 Å². The molecule has 1 aromatic carbocycles. The van der Waals surface area contributed by atoms with E-state index in [1.807, 2.05) is 5.20 Å². The molecular formula is C20H30Si. The first-order chi connectivity index (χ1) is 10.2. The number of hydrogen-bond donors (Lipinski definition) is 0. The minimum absolute atomic E-state index is 1.34. The fourth-order valence-corrected chi connectivity index (χ4v) is 7.97. The molecule has 0 atom stereocenters. The zero-order chi connectivity index (χ0) is 14.7. The maximum atomic E-state index is 2.58. The minimum atomic E-state index is -1.37. The maximum absolute atomic E-state index is 2.58. The van der Waals surface area contributed by atoms with Crippen molar-refractivity contribution in [3.63, 3.8) is 0 Å². The molecule has 0 spiro atoms. The molecule has 2 aliphatic rings. The molecule has 0 unspecified atom stereocenters. The van der Waals surface area contributed by atoms with E-state index in [1.54, 1.807) is 16.3 Å². The first kappa shape index (κ1) is 15.1. The van der Waals surface area contributed by atoms with Crippen molar-refractivity contribution < 1.29 is 0 Å². The third-order valence-electron chi connectivity index (χ3n) is 5.65. The van der Waals surface area contributed by atoms with E-state index in [1.165, 1.54) is 64.2 Å². The molecule has 0 amide bonds. The van der Waals surface area contributed by atoms with E-state index >= 15 is 0 Å². The molecule has 3 rings (SSSR count). The topological polar surface area (TPSA) is 0 Å². The van der Waals surface area contributed by atoms with Gasteiger partial charge in [0, 0.05) is 0 Å². The second kappa shape index (κ2) is 6.52. The summed E-state index contributed by atoms with van der Waals surface area (Å²) in [4.78, 5) is 0. The quantitative estimate of drug-likeness (QED) is 0.529. The van der Waals surface area contributed by atoms with Crippen molar-refractivity contribution in [1.29, 1.82) is 0 Å². The number of rotatable bonds is 0. The molecule has 21 heavy (non-hydrogen) atoms. The van der Waals surface area contributed by atoms with Gasteiger partial charge in [0.2, 0.25) is 0 Å². The van der Waals surface area contributed by atoms with E-state index in [0.717, 1.165) is 0 Å². The van der Waals surface area contributed by atoms with Crippen LogP contribution < -0.4 is 5.19 Å². The largest absolute Gasteiger partial charge is 0.108 e. The van der Waals surface area contributed by atoms with Gasteiger partial charge < -0.3 is 0 Å². The van der Waals surface area contributed by atoms with Crippen LogP contribution in [0.2, 0.25) is 13.1 Å². The van der Waals surface area contributed by atoms with Gasteiger partial charge in [0.1, 0.15) is 8.07 Å². The number of allylic oxidation sites excluding steroid dienone is 2. The molecule has 0 saturated carbocycles. The lowest BCUT2D eigenvalue weighted by Crippen LogP contribution is -2.41. The average Bonchev–Trinajstić information content (AvgIpc) is 2.67. The summed E-state index contributed by atoms with van der Waals surface area (Å²) in [7, 11) is -1.37. The Balaban J connectivity index is 1.92. The summed E-state index contributed by atoms with van der Waals surface area (Å²) >= 11 is 0. The zero-order valence-corrected chi connectivity index (χ0v) is 14.9. The molecule has 1 heteroatoms. The fourth-order valence-electron chi connectivity index (χ4n) is 4.41. The van der Waals surface area contributed by atoms with E-state index < -0.39 is 8.07 Å². The lowest BCUT2D eigenvalue weighted by Gasteiger charge is -2.23. The molecular weight excluding hydrogens is 268 g/mol. The van der Waals surface area contributed by atoms with Crippen LogP contribution in [0.4, 0.5) is 0 Å². The molecule has 0 aromatic heterocycles. The van der Waals surface area contributed by atoms with E-state index in [0.29, 0.717) is 0 Å². The second-order valence-electron chi connectivity index (χ2n) is 7.46. The van der Waals surface area contributed by atoms with Gasteiger partial charge in [-0.25, -0.2) is 0 Å². The molecule has 0 bridgehead atoms. The van der Waals surface area contributed by atoms with Crippen molar-refractivity contribution in [2.45, 2.75) is 77.3 Å². The molecule has 1 aliphatic heterocycles. The Hall–Kier alpha value is -0.823. The summed E-state index contributed by atoms with van der Waals surface area (Å²) in [6.45, 7) is 5.17. The third-order valence-corrected chi connectivity index (χ3v) is 9.49. The first-order valence-corrected chi connectivity index (χ1v) is 12.0. The summed E-state index contributed by atoms with van der Waals surface area (Å²) in [6, 6.07) is 9.32. The monoisotopic (exact) mass is 298 g/mol. The van der Waals surface area contributed by atoms with Gasteiger partial charge in [-0.05, 0) is 42.0 Å². The highest BCUT2D eigenvalue weighted by Crippen LogP contribution is 2.39. The molecule has 0 N–H and O–H groups in total. The van der Waals surface area contributed by atoms with Gasteiger partial charge in [-0.1, -0.05) is 81.1 Å². The molecule has 0 nitrogen and oxygen atoms in total. The van der Waals surface area contributed by atoms with Crippen LogP contribution in [-0.4, -0.2) is 8.07 Å². The van der Waals surface area contributed by atoms with Gasteiger partial charge in [0.05, 0.1) is 0 Å². The van der Waals surface area contributed by atoms with E-state index in [9.17, 15) is 0 Å². The number of fused-ring (bicyclic) bond motifs is 2. The van der Waals surface area contributed by atoms with Crippen LogP contribution in [0.15, 0.2) is 29.5 Å². The zero-order valence-electron chi connectivity index (χ0n) is 13.9. The van der Waals surface area contributed by atoms with E-state index in [-0.39, 0.29) is 0 Å². The Kier molecular flexibility index (Phi) is 4.68. The highest BCUT2D eigenvalue weighted by atomic mass is 28.3. The van der Waals surface area contributed by atoms with Gasteiger partial charge in [-0.2, -0.15) is 0 Å². The van der Waals surface area contributed by atoms with Crippen LogP contribution in [0.1, 0.15) is 69.8 Å². The smallest absolute Gasteiger partial charge is 0.0723 e. The van der Waals surface area contributed by atoms with Crippen LogP contribution >= 0.6 is 0 Å².